The van der Waals surface area contributed by atoms with Gasteiger partial charge in [0, 0.05) is 30.1 Å². The van der Waals surface area contributed by atoms with Crippen LogP contribution in [0.15, 0.2) is 55.4 Å². The standard InChI is InChI=1S/C21H18F3N3O4/c1-2-17(30)27-10-13-9-15(12-3-5-14(6-4-12)31-21(22,23)24)19-20(26-8-7-25-19)18(13)16(29)11-28/h2-9,16,28-29H,1,10-11H2,(H,27,30)/t16-/m0/s1. The van der Waals surface area contributed by atoms with Gasteiger partial charge in [-0.05, 0) is 35.4 Å². The minimum absolute atomic E-state index is 0.00791. The lowest BCUT2D eigenvalue weighted by molar-refractivity contribution is -0.274. The van der Waals surface area contributed by atoms with E-state index in [4.69, 9.17) is 0 Å². The molecule has 3 rings (SSSR count). The van der Waals surface area contributed by atoms with Crippen LogP contribution in [0.4, 0.5) is 13.2 Å². The van der Waals surface area contributed by atoms with E-state index < -0.39 is 25.0 Å². The van der Waals surface area contributed by atoms with Crippen LogP contribution in [0.5, 0.6) is 5.75 Å². The summed E-state index contributed by atoms with van der Waals surface area (Å²) in [5.41, 5.74) is 2.43. The number of nitrogens with zero attached hydrogens (tertiary/aromatic N) is 2. The largest absolute Gasteiger partial charge is 0.573 e. The van der Waals surface area contributed by atoms with Crippen LogP contribution < -0.4 is 10.1 Å². The Morgan fingerprint density at radius 3 is 2.42 bits per heavy atom. The first-order valence-electron chi connectivity index (χ1n) is 9.05. The normalized spacial score (nSPS) is 12.4. The Labute approximate surface area is 174 Å². The van der Waals surface area contributed by atoms with Gasteiger partial charge in [-0.3, -0.25) is 14.8 Å². The average Bonchev–Trinajstić information content (AvgIpc) is 2.75. The number of aliphatic hydroxyl groups excluding tert-OH is 2. The quantitative estimate of drug-likeness (QED) is 0.495. The van der Waals surface area contributed by atoms with Crippen molar-refractivity contribution in [2.24, 2.45) is 0 Å². The summed E-state index contributed by atoms with van der Waals surface area (Å²) < 4.78 is 41.2. The SMILES string of the molecule is C=CC(=O)NCc1cc(-c2ccc(OC(F)(F)F)cc2)c2nccnc2c1[C@@H](O)CO. The third-order valence-electron chi connectivity index (χ3n) is 4.42. The fourth-order valence-electron chi connectivity index (χ4n) is 3.12. The molecule has 3 aromatic rings. The zero-order valence-electron chi connectivity index (χ0n) is 16.1. The van der Waals surface area contributed by atoms with E-state index in [1.807, 2.05) is 0 Å². The summed E-state index contributed by atoms with van der Waals surface area (Å²) in [7, 11) is 0. The molecule has 0 aliphatic heterocycles. The van der Waals surface area contributed by atoms with Crippen molar-refractivity contribution in [3.05, 3.63) is 66.5 Å². The zero-order valence-corrected chi connectivity index (χ0v) is 16.1. The number of carbonyl (C=O) groups is 1. The van der Waals surface area contributed by atoms with E-state index in [2.05, 4.69) is 26.6 Å². The smallest absolute Gasteiger partial charge is 0.406 e. The molecular weight excluding hydrogens is 415 g/mol. The van der Waals surface area contributed by atoms with Gasteiger partial charge in [0.15, 0.2) is 0 Å². The first-order valence-corrected chi connectivity index (χ1v) is 9.05. The molecule has 7 nitrogen and oxygen atoms in total. The number of alkyl halides is 3. The van der Waals surface area contributed by atoms with Crippen LogP contribution in [0.1, 0.15) is 17.2 Å². The molecule has 0 radical (unpaired) electrons. The summed E-state index contributed by atoms with van der Waals surface area (Å²) in [6.07, 6.45) is -2.17. The topological polar surface area (TPSA) is 105 Å². The average molecular weight is 433 g/mol. The number of benzene rings is 2. The number of fused-ring (bicyclic) bond motifs is 1. The van der Waals surface area contributed by atoms with Crippen molar-refractivity contribution in [3.8, 4) is 16.9 Å². The summed E-state index contributed by atoms with van der Waals surface area (Å²) in [4.78, 5) is 20.2. The lowest BCUT2D eigenvalue weighted by Crippen LogP contribution is -2.22. The lowest BCUT2D eigenvalue weighted by Gasteiger charge is -2.19. The van der Waals surface area contributed by atoms with Gasteiger partial charge in [0.25, 0.3) is 0 Å². The molecule has 10 heteroatoms. The Balaban J connectivity index is 2.15. The molecule has 0 aliphatic rings. The van der Waals surface area contributed by atoms with Gasteiger partial charge in [-0.15, -0.1) is 13.2 Å². The van der Waals surface area contributed by atoms with Crippen LogP contribution in [0.2, 0.25) is 0 Å². The molecule has 0 aliphatic carbocycles. The Bertz CT molecular complexity index is 1100. The minimum atomic E-state index is -4.81. The third-order valence-corrected chi connectivity index (χ3v) is 4.42. The number of rotatable bonds is 7. The van der Waals surface area contributed by atoms with Gasteiger partial charge in [0.1, 0.15) is 11.9 Å². The molecule has 0 bridgehead atoms. The second-order valence-corrected chi connectivity index (χ2v) is 6.44. The van der Waals surface area contributed by atoms with Gasteiger partial charge < -0.3 is 20.3 Å². The molecule has 1 amide bonds. The van der Waals surface area contributed by atoms with Crippen LogP contribution in [0.25, 0.3) is 22.2 Å². The summed E-state index contributed by atoms with van der Waals surface area (Å²) >= 11 is 0. The van der Waals surface area contributed by atoms with Crippen molar-refractivity contribution in [1.82, 2.24) is 15.3 Å². The summed E-state index contributed by atoms with van der Waals surface area (Å²) in [6, 6.07) is 6.83. The maximum atomic E-state index is 12.4. The maximum absolute atomic E-state index is 12.4. The van der Waals surface area contributed by atoms with E-state index in [1.54, 1.807) is 6.07 Å². The Morgan fingerprint density at radius 1 is 1.19 bits per heavy atom. The molecule has 0 unspecified atom stereocenters. The van der Waals surface area contributed by atoms with Crippen LogP contribution in [-0.4, -0.2) is 39.1 Å². The lowest BCUT2D eigenvalue weighted by atomic mass is 9.93. The molecule has 0 fully saturated rings. The molecular formula is C21H18F3N3O4. The molecule has 0 spiro atoms. The van der Waals surface area contributed by atoms with Gasteiger partial charge in [0.2, 0.25) is 5.91 Å². The van der Waals surface area contributed by atoms with Gasteiger partial charge in [-0.1, -0.05) is 18.7 Å². The van der Waals surface area contributed by atoms with Crippen molar-refractivity contribution in [3.63, 3.8) is 0 Å². The first-order chi connectivity index (χ1) is 14.7. The predicted molar refractivity (Wildman–Crippen MR) is 106 cm³/mol. The monoisotopic (exact) mass is 433 g/mol. The number of nitrogens with one attached hydrogen (secondary N) is 1. The zero-order chi connectivity index (χ0) is 22.6. The van der Waals surface area contributed by atoms with Crippen LogP contribution in [0.3, 0.4) is 0 Å². The Kier molecular flexibility index (Phi) is 6.52. The second kappa shape index (κ2) is 9.11. The number of ether oxygens (including phenoxy) is 1. The van der Waals surface area contributed by atoms with Crippen molar-refractivity contribution in [2.45, 2.75) is 19.0 Å². The second-order valence-electron chi connectivity index (χ2n) is 6.44. The third kappa shape index (κ3) is 5.16. The van der Waals surface area contributed by atoms with Crippen LogP contribution >= 0.6 is 0 Å². The Morgan fingerprint density at radius 2 is 1.84 bits per heavy atom. The number of hydrogen-bond acceptors (Lipinski definition) is 6. The van der Waals surface area contributed by atoms with Crippen molar-refractivity contribution >= 4 is 16.9 Å². The fourth-order valence-corrected chi connectivity index (χ4v) is 3.12. The summed E-state index contributed by atoms with van der Waals surface area (Å²) in [5.74, 6) is -0.823. The van der Waals surface area contributed by atoms with E-state index in [-0.39, 0.29) is 17.9 Å². The van der Waals surface area contributed by atoms with Crippen molar-refractivity contribution < 1.29 is 32.9 Å². The molecule has 1 heterocycles. The molecule has 1 atom stereocenters. The number of aliphatic hydroxyl groups is 2. The summed E-state index contributed by atoms with van der Waals surface area (Å²) in [5, 5.41) is 22.5. The number of hydrogen-bond donors (Lipinski definition) is 3. The van der Waals surface area contributed by atoms with E-state index in [0.29, 0.717) is 27.7 Å². The fraction of sp³-hybridized carbons (Fsp3) is 0.190. The molecule has 1 aromatic heterocycles. The highest BCUT2D eigenvalue weighted by Crippen LogP contribution is 2.35. The van der Waals surface area contributed by atoms with Crippen molar-refractivity contribution in [1.29, 1.82) is 0 Å². The molecule has 31 heavy (non-hydrogen) atoms. The molecule has 0 saturated carbocycles. The highest BCUT2D eigenvalue weighted by atomic mass is 19.4. The number of halogens is 3. The predicted octanol–water partition coefficient (Wildman–Crippen LogP) is 3.02. The van der Waals surface area contributed by atoms with Crippen molar-refractivity contribution in [2.75, 3.05) is 6.61 Å². The van der Waals surface area contributed by atoms with Gasteiger partial charge in [-0.2, -0.15) is 0 Å². The van der Waals surface area contributed by atoms with Crippen LogP contribution in [-0.2, 0) is 11.3 Å². The number of amides is 1. The minimum Gasteiger partial charge on any atom is -0.406 e. The first kappa shape index (κ1) is 22.2. The molecule has 3 N–H and O–H groups in total. The molecule has 162 valence electrons. The maximum Gasteiger partial charge on any atom is 0.573 e. The van der Waals surface area contributed by atoms with Gasteiger partial charge in [-0.25, -0.2) is 0 Å². The van der Waals surface area contributed by atoms with Gasteiger partial charge in [0.05, 0.1) is 17.6 Å². The van der Waals surface area contributed by atoms with E-state index >= 15 is 0 Å². The molecule has 2 aromatic carbocycles. The van der Waals surface area contributed by atoms with E-state index in [0.717, 1.165) is 6.08 Å². The molecule has 0 saturated heterocycles. The highest BCUT2D eigenvalue weighted by molar-refractivity contribution is 5.95. The highest BCUT2D eigenvalue weighted by Gasteiger charge is 2.31. The number of carbonyl (C=O) groups excluding carboxylic acids is 1. The number of aromatic nitrogens is 2. The van der Waals surface area contributed by atoms with Crippen LogP contribution in [0, 0.1) is 0 Å². The van der Waals surface area contributed by atoms with E-state index in [1.165, 1.54) is 36.7 Å². The summed E-state index contributed by atoms with van der Waals surface area (Å²) in [6.45, 7) is 2.79. The Hall–Kier alpha value is -3.50. The van der Waals surface area contributed by atoms with E-state index in [9.17, 15) is 28.2 Å². The van der Waals surface area contributed by atoms with Gasteiger partial charge >= 0.3 is 6.36 Å².